The third-order valence-corrected chi connectivity index (χ3v) is 4.90. The third-order valence-electron chi connectivity index (χ3n) is 4.90. The van der Waals surface area contributed by atoms with Crippen LogP contribution in [0.2, 0.25) is 0 Å². The Hall–Kier alpha value is -3.22. The first-order valence-electron chi connectivity index (χ1n) is 9.65. The van der Waals surface area contributed by atoms with Crippen LogP contribution >= 0.6 is 0 Å². The molecule has 0 fully saturated rings. The van der Waals surface area contributed by atoms with Gasteiger partial charge in [-0.2, -0.15) is 0 Å². The molecule has 0 spiro atoms. The number of nitrogens with one attached hydrogen (secondary N) is 1. The molecule has 0 saturated carbocycles. The summed E-state index contributed by atoms with van der Waals surface area (Å²) in [4.78, 5) is 17.3. The molecule has 1 N–H and O–H groups in total. The van der Waals surface area contributed by atoms with Gasteiger partial charge in [0.1, 0.15) is 11.3 Å². The molecule has 28 heavy (non-hydrogen) atoms. The van der Waals surface area contributed by atoms with Crippen molar-refractivity contribution in [2.45, 2.75) is 39.8 Å². The van der Waals surface area contributed by atoms with E-state index in [4.69, 9.17) is 4.98 Å². The van der Waals surface area contributed by atoms with Crippen molar-refractivity contribution in [2.75, 3.05) is 6.54 Å². The number of nitrogens with zero attached hydrogens (tertiary/aromatic N) is 5. The summed E-state index contributed by atoms with van der Waals surface area (Å²) in [5.74, 6) is 0.873. The van der Waals surface area contributed by atoms with Crippen molar-refractivity contribution >= 4 is 28.0 Å². The Morgan fingerprint density at radius 2 is 1.93 bits per heavy atom. The number of amides is 1. The number of hydrogen-bond donors (Lipinski definition) is 1. The van der Waals surface area contributed by atoms with E-state index in [9.17, 15) is 4.79 Å². The standard InChI is InChI=1S/C21H24N6O/c1-4-26-18-10-9-15(13-17(18)24-25-26)21(28)22-12-11-20-23-16-7-5-6-8-19(16)27(20)14(2)3/h5-10,13-14H,4,11-12H2,1-3H3,(H,22,28). The van der Waals surface area contributed by atoms with E-state index in [-0.39, 0.29) is 5.91 Å². The Morgan fingerprint density at radius 3 is 2.71 bits per heavy atom. The van der Waals surface area contributed by atoms with Crippen molar-refractivity contribution < 1.29 is 4.79 Å². The molecule has 0 aliphatic carbocycles. The molecule has 2 heterocycles. The molecular weight excluding hydrogens is 352 g/mol. The fourth-order valence-corrected chi connectivity index (χ4v) is 3.58. The van der Waals surface area contributed by atoms with Gasteiger partial charge in [0, 0.05) is 31.1 Å². The Morgan fingerprint density at radius 1 is 1.11 bits per heavy atom. The minimum Gasteiger partial charge on any atom is -0.352 e. The van der Waals surface area contributed by atoms with E-state index in [1.54, 1.807) is 6.07 Å². The number of aromatic nitrogens is 5. The van der Waals surface area contributed by atoms with Crippen LogP contribution in [-0.4, -0.2) is 37.0 Å². The van der Waals surface area contributed by atoms with Crippen LogP contribution in [0.15, 0.2) is 42.5 Å². The molecule has 0 aliphatic rings. The predicted molar refractivity (Wildman–Crippen MR) is 109 cm³/mol. The van der Waals surface area contributed by atoms with Gasteiger partial charge in [0.05, 0.1) is 16.6 Å². The molecule has 144 valence electrons. The lowest BCUT2D eigenvalue weighted by molar-refractivity contribution is 0.0954. The number of aryl methyl sites for hydroxylation is 1. The Labute approximate surface area is 163 Å². The van der Waals surface area contributed by atoms with Gasteiger partial charge < -0.3 is 9.88 Å². The largest absolute Gasteiger partial charge is 0.352 e. The van der Waals surface area contributed by atoms with Crippen LogP contribution in [-0.2, 0) is 13.0 Å². The molecule has 2 aromatic carbocycles. The van der Waals surface area contributed by atoms with Crippen molar-refractivity contribution in [1.82, 2.24) is 29.9 Å². The summed E-state index contributed by atoms with van der Waals surface area (Å²) in [5.41, 5.74) is 4.37. The van der Waals surface area contributed by atoms with Crippen LogP contribution in [0.1, 0.15) is 43.0 Å². The number of hydrogen-bond acceptors (Lipinski definition) is 4. The monoisotopic (exact) mass is 376 g/mol. The first-order chi connectivity index (χ1) is 13.6. The Balaban J connectivity index is 1.47. The molecule has 4 aromatic rings. The average molecular weight is 376 g/mol. The highest BCUT2D eigenvalue weighted by molar-refractivity contribution is 5.97. The van der Waals surface area contributed by atoms with Gasteiger partial charge in [0.2, 0.25) is 0 Å². The summed E-state index contributed by atoms with van der Waals surface area (Å²) >= 11 is 0. The Kier molecular flexibility index (Phi) is 4.81. The third kappa shape index (κ3) is 3.24. The number of carbonyl (C=O) groups excluding carboxylic acids is 1. The number of rotatable bonds is 6. The van der Waals surface area contributed by atoms with Crippen LogP contribution in [0.4, 0.5) is 0 Å². The van der Waals surface area contributed by atoms with E-state index < -0.39 is 0 Å². The van der Waals surface area contributed by atoms with Gasteiger partial charge in [-0.05, 0) is 51.1 Å². The summed E-state index contributed by atoms with van der Waals surface area (Å²) in [7, 11) is 0. The van der Waals surface area contributed by atoms with Crippen molar-refractivity contribution in [2.24, 2.45) is 0 Å². The van der Waals surface area contributed by atoms with Gasteiger partial charge in [-0.25, -0.2) is 9.67 Å². The van der Waals surface area contributed by atoms with E-state index in [0.29, 0.717) is 24.6 Å². The highest BCUT2D eigenvalue weighted by Gasteiger charge is 2.14. The average Bonchev–Trinajstić information content (AvgIpc) is 3.27. The van der Waals surface area contributed by atoms with Crippen molar-refractivity contribution in [3.8, 4) is 0 Å². The summed E-state index contributed by atoms with van der Waals surface area (Å²) in [5, 5.41) is 11.2. The smallest absolute Gasteiger partial charge is 0.251 e. The number of imidazole rings is 1. The lowest BCUT2D eigenvalue weighted by atomic mass is 10.2. The molecule has 1 amide bonds. The summed E-state index contributed by atoms with van der Waals surface area (Å²) in [6, 6.07) is 13.9. The molecule has 0 bridgehead atoms. The lowest BCUT2D eigenvalue weighted by Gasteiger charge is -2.13. The lowest BCUT2D eigenvalue weighted by Crippen LogP contribution is -2.26. The predicted octanol–water partition coefficient (Wildman–Crippen LogP) is 3.35. The highest BCUT2D eigenvalue weighted by Crippen LogP contribution is 2.21. The highest BCUT2D eigenvalue weighted by atomic mass is 16.1. The molecule has 0 radical (unpaired) electrons. The second-order valence-electron chi connectivity index (χ2n) is 7.10. The number of fused-ring (bicyclic) bond motifs is 2. The van der Waals surface area contributed by atoms with Gasteiger partial charge in [-0.3, -0.25) is 4.79 Å². The van der Waals surface area contributed by atoms with E-state index in [0.717, 1.165) is 34.4 Å². The Bertz CT molecular complexity index is 1140. The van der Waals surface area contributed by atoms with Gasteiger partial charge >= 0.3 is 0 Å². The SMILES string of the molecule is CCn1nnc2cc(C(=O)NCCc3nc4ccccc4n3C(C)C)ccc21. The quantitative estimate of drug-likeness (QED) is 0.560. The number of para-hydroxylation sites is 2. The maximum atomic E-state index is 12.6. The van der Waals surface area contributed by atoms with Gasteiger partial charge in [-0.1, -0.05) is 17.3 Å². The topological polar surface area (TPSA) is 77.6 Å². The molecule has 2 aromatic heterocycles. The van der Waals surface area contributed by atoms with Crippen LogP contribution in [0, 0.1) is 0 Å². The molecule has 4 rings (SSSR count). The first kappa shape index (κ1) is 18.2. The molecule has 0 atom stereocenters. The second kappa shape index (κ2) is 7.42. The minimum absolute atomic E-state index is 0.111. The second-order valence-corrected chi connectivity index (χ2v) is 7.10. The van der Waals surface area contributed by atoms with Crippen molar-refractivity contribution in [1.29, 1.82) is 0 Å². The zero-order chi connectivity index (χ0) is 19.7. The van der Waals surface area contributed by atoms with Crippen molar-refractivity contribution in [3.63, 3.8) is 0 Å². The summed E-state index contributed by atoms with van der Waals surface area (Å²) < 4.78 is 4.05. The number of benzene rings is 2. The molecule has 0 unspecified atom stereocenters. The van der Waals surface area contributed by atoms with E-state index in [1.165, 1.54) is 0 Å². The van der Waals surface area contributed by atoms with Gasteiger partial charge in [0.25, 0.3) is 5.91 Å². The van der Waals surface area contributed by atoms with Gasteiger partial charge in [0.15, 0.2) is 0 Å². The number of carbonyl (C=O) groups is 1. The normalized spacial score (nSPS) is 11.6. The zero-order valence-corrected chi connectivity index (χ0v) is 16.4. The molecule has 0 aliphatic heterocycles. The zero-order valence-electron chi connectivity index (χ0n) is 16.4. The molecular formula is C21H24N6O. The maximum Gasteiger partial charge on any atom is 0.251 e. The summed E-state index contributed by atoms with van der Waals surface area (Å²) in [6.07, 6.45) is 0.673. The van der Waals surface area contributed by atoms with E-state index in [2.05, 4.69) is 40.1 Å². The van der Waals surface area contributed by atoms with Crippen LogP contribution in [0.3, 0.4) is 0 Å². The van der Waals surface area contributed by atoms with Crippen LogP contribution < -0.4 is 5.32 Å². The van der Waals surface area contributed by atoms with E-state index in [1.807, 2.05) is 41.9 Å². The first-order valence-corrected chi connectivity index (χ1v) is 9.65. The van der Waals surface area contributed by atoms with E-state index >= 15 is 0 Å². The minimum atomic E-state index is -0.111. The van der Waals surface area contributed by atoms with Crippen LogP contribution in [0.25, 0.3) is 22.1 Å². The fraction of sp³-hybridized carbons (Fsp3) is 0.333. The molecule has 7 nitrogen and oxygen atoms in total. The van der Waals surface area contributed by atoms with Gasteiger partial charge in [-0.15, -0.1) is 5.10 Å². The molecule has 0 saturated heterocycles. The molecule has 7 heteroatoms. The summed E-state index contributed by atoms with van der Waals surface area (Å²) in [6.45, 7) is 7.58. The fourth-order valence-electron chi connectivity index (χ4n) is 3.58. The van der Waals surface area contributed by atoms with Crippen molar-refractivity contribution in [3.05, 3.63) is 53.9 Å². The van der Waals surface area contributed by atoms with Crippen LogP contribution in [0.5, 0.6) is 0 Å². The maximum absolute atomic E-state index is 12.6.